The molecule has 0 heterocycles. The van der Waals surface area contributed by atoms with Gasteiger partial charge in [-0.1, -0.05) is 57.5 Å². The fourth-order valence-corrected chi connectivity index (χ4v) is 3.91. The molecule has 0 aliphatic heterocycles. The molecule has 5 nitrogen and oxygen atoms in total. The SMILES string of the molecule is CC(C)[C@@H]1CC[C@@H](C)C[C@H]1C(=O)OC[C@H](NC(=O)CN)c1ccccc1.Cl. The predicted octanol–water partition coefficient (Wildman–Crippen LogP) is 3.48. The van der Waals surface area contributed by atoms with Crippen LogP contribution in [0.2, 0.25) is 0 Å². The number of halogens is 1. The highest BCUT2D eigenvalue weighted by atomic mass is 35.5. The molecule has 1 aromatic rings. The van der Waals surface area contributed by atoms with Crippen molar-refractivity contribution in [1.29, 1.82) is 0 Å². The summed E-state index contributed by atoms with van der Waals surface area (Å²) < 4.78 is 5.68. The van der Waals surface area contributed by atoms with Gasteiger partial charge in [-0.2, -0.15) is 0 Å². The Labute approximate surface area is 168 Å². The number of rotatable bonds is 7. The lowest BCUT2D eigenvalue weighted by Gasteiger charge is -2.36. The van der Waals surface area contributed by atoms with Gasteiger partial charge < -0.3 is 15.8 Å². The van der Waals surface area contributed by atoms with Crippen molar-refractivity contribution in [1.82, 2.24) is 5.32 Å². The van der Waals surface area contributed by atoms with E-state index in [0.717, 1.165) is 18.4 Å². The molecular formula is C21H33ClN2O3. The van der Waals surface area contributed by atoms with E-state index in [-0.39, 0.29) is 49.4 Å². The number of benzene rings is 1. The van der Waals surface area contributed by atoms with E-state index in [1.165, 1.54) is 6.42 Å². The highest BCUT2D eigenvalue weighted by molar-refractivity contribution is 5.85. The number of hydrogen-bond donors (Lipinski definition) is 2. The quantitative estimate of drug-likeness (QED) is 0.691. The molecule has 1 fully saturated rings. The van der Waals surface area contributed by atoms with Crippen molar-refractivity contribution in [3.63, 3.8) is 0 Å². The van der Waals surface area contributed by atoms with E-state index in [1.807, 2.05) is 30.3 Å². The van der Waals surface area contributed by atoms with Crippen molar-refractivity contribution in [2.75, 3.05) is 13.2 Å². The second-order valence-electron chi connectivity index (χ2n) is 7.80. The van der Waals surface area contributed by atoms with Crippen molar-refractivity contribution in [3.05, 3.63) is 35.9 Å². The average molecular weight is 397 g/mol. The maximum Gasteiger partial charge on any atom is 0.309 e. The maximum atomic E-state index is 12.8. The topological polar surface area (TPSA) is 81.4 Å². The van der Waals surface area contributed by atoms with E-state index in [0.29, 0.717) is 17.8 Å². The number of amides is 1. The Kier molecular flexibility index (Phi) is 9.81. The lowest BCUT2D eigenvalue weighted by molar-refractivity contribution is -0.154. The molecule has 1 aromatic carbocycles. The Morgan fingerprint density at radius 1 is 1.22 bits per heavy atom. The fraction of sp³-hybridized carbons (Fsp3) is 0.619. The molecule has 0 aromatic heterocycles. The first-order valence-corrected chi connectivity index (χ1v) is 9.63. The largest absolute Gasteiger partial charge is 0.463 e. The van der Waals surface area contributed by atoms with Crippen LogP contribution in [-0.2, 0) is 14.3 Å². The zero-order chi connectivity index (χ0) is 19.1. The Morgan fingerprint density at radius 2 is 1.89 bits per heavy atom. The molecule has 1 aliphatic rings. The number of ether oxygens (including phenoxy) is 1. The Bertz CT molecular complexity index is 594. The molecule has 0 unspecified atom stereocenters. The average Bonchev–Trinajstić information content (AvgIpc) is 2.64. The van der Waals surface area contributed by atoms with Gasteiger partial charge in [-0.25, -0.2) is 0 Å². The fourth-order valence-electron chi connectivity index (χ4n) is 3.91. The van der Waals surface area contributed by atoms with Crippen LogP contribution in [0.3, 0.4) is 0 Å². The third-order valence-electron chi connectivity index (χ3n) is 5.44. The third kappa shape index (κ3) is 6.82. The van der Waals surface area contributed by atoms with Gasteiger partial charge in [0.25, 0.3) is 0 Å². The molecule has 0 radical (unpaired) electrons. The predicted molar refractivity (Wildman–Crippen MR) is 109 cm³/mol. The Balaban J connectivity index is 0.00000364. The van der Waals surface area contributed by atoms with Crippen LogP contribution in [0.15, 0.2) is 30.3 Å². The van der Waals surface area contributed by atoms with Crippen molar-refractivity contribution in [2.24, 2.45) is 29.4 Å². The molecule has 3 N–H and O–H groups in total. The third-order valence-corrected chi connectivity index (χ3v) is 5.44. The minimum atomic E-state index is -0.380. The summed E-state index contributed by atoms with van der Waals surface area (Å²) in [6, 6.07) is 9.15. The van der Waals surface area contributed by atoms with Gasteiger partial charge in [0, 0.05) is 0 Å². The van der Waals surface area contributed by atoms with Gasteiger partial charge in [-0.15, -0.1) is 12.4 Å². The van der Waals surface area contributed by atoms with Gasteiger partial charge in [-0.3, -0.25) is 9.59 Å². The first-order valence-electron chi connectivity index (χ1n) is 9.63. The van der Waals surface area contributed by atoms with E-state index in [1.54, 1.807) is 0 Å². The van der Waals surface area contributed by atoms with Crippen LogP contribution in [-0.4, -0.2) is 25.0 Å². The molecule has 6 heteroatoms. The van der Waals surface area contributed by atoms with E-state index >= 15 is 0 Å². The number of hydrogen-bond acceptors (Lipinski definition) is 4. The second-order valence-corrected chi connectivity index (χ2v) is 7.80. The van der Waals surface area contributed by atoms with Gasteiger partial charge in [0.2, 0.25) is 5.91 Å². The lowest BCUT2D eigenvalue weighted by atomic mass is 9.70. The number of carbonyl (C=O) groups is 2. The minimum absolute atomic E-state index is 0. The zero-order valence-electron chi connectivity index (χ0n) is 16.5. The first kappa shape index (κ1) is 23.4. The Hall–Kier alpha value is -1.59. The van der Waals surface area contributed by atoms with Crippen LogP contribution in [0, 0.1) is 23.7 Å². The molecule has 0 bridgehead atoms. The summed E-state index contributed by atoms with van der Waals surface area (Å²) in [7, 11) is 0. The zero-order valence-corrected chi connectivity index (χ0v) is 17.3. The van der Waals surface area contributed by atoms with Gasteiger partial charge in [0.1, 0.15) is 6.61 Å². The highest BCUT2D eigenvalue weighted by Gasteiger charge is 2.36. The monoisotopic (exact) mass is 396 g/mol. The normalized spacial score (nSPS) is 23.2. The van der Waals surface area contributed by atoms with Crippen LogP contribution in [0.4, 0.5) is 0 Å². The molecule has 1 saturated carbocycles. The van der Waals surface area contributed by atoms with Gasteiger partial charge in [-0.05, 0) is 36.2 Å². The summed E-state index contributed by atoms with van der Waals surface area (Å²) in [5, 5.41) is 2.84. The maximum absolute atomic E-state index is 12.8. The molecular weight excluding hydrogens is 364 g/mol. The van der Waals surface area contributed by atoms with Crippen molar-refractivity contribution >= 4 is 24.3 Å². The Morgan fingerprint density at radius 3 is 2.48 bits per heavy atom. The minimum Gasteiger partial charge on any atom is -0.463 e. The van der Waals surface area contributed by atoms with Gasteiger partial charge in [0.05, 0.1) is 18.5 Å². The summed E-state index contributed by atoms with van der Waals surface area (Å²) in [4.78, 5) is 24.5. The molecule has 1 aliphatic carbocycles. The molecule has 152 valence electrons. The van der Waals surface area contributed by atoms with Crippen LogP contribution >= 0.6 is 12.4 Å². The number of carbonyl (C=O) groups excluding carboxylic acids is 2. The summed E-state index contributed by atoms with van der Waals surface area (Å²) in [6.45, 7) is 6.59. The highest BCUT2D eigenvalue weighted by Crippen LogP contribution is 2.38. The number of nitrogens with one attached hydrogen (secondary N) is 1. The van der Waals surface area contributed by atoms with Crippen molar-refractivity contribution < 1.29 is 14.3 Å². The van der Waals surface area contributed by atoms with E-state index < -0.39 is 0 Å². The van der Waals surface area contributed by atoms with Crippen LogP contribution < -0.4 is 11.1 Å². The van der Waals surface area contributed by atoms with E-state index in [9.17, 15) is 9.59 Å². The summed E-state index contributed by atoms with van der Waals surface area (Å²) in [5.74, 6) is 0.915. The lowest BCUT2D eigenvalue weighted by Crippen LogP contribution is -2.38. The summed E-state index contributed by atoms with van der Waals surface area (Å²) in [6.07, 6.45) is 3.13. The molecule has 27 heavy (non-hydrogen) atoms. The van der Waals surface area contributed by atoms with Crippen LogP contribution in [0.5, 0.6) is 0 Å². The standard InChI is InChI=1S/C21H32N2O3.ClH/c1-14(2)17-10-9-15(3)11-18(17)21(25)26-13-19(23-20(24)12-22)16-7-5-4-6-8-16;/h4-8,14-15,17-19H,9-13,22H2,1-3H3,(H,23,24);1H/t15-,17+,18-,19+;/m1./s1. The number of nitrogens with two attached hydrogens (primary N) is 1. The molecule has 0 spiro atoms. The molecule has 2 rings (SSSR count). The summed E-state index contributed by atoms with van der Waals surface area (Å²) in [5.41, 5.74) is 6.32. The molecule has 1 amide bonds. The summed E-state index contributed by atoms with van der Waals surface area (Å²) >= 11 is 0. The van der Waals surface area contributed by atoms with E-state index in [4.69, 9.17) is 10.5 Å². The van der Waals surface area contributed by atoms with Gasteiger partial charge >= 0.3 is 5.97 Å². The number of esters is 1. The molecule has 4 atom stereocenters. The first-order chi connectivity index (χ1) is 12.4. The second kappa shape index (κ2) is 11.3. The van der Waals surface area contributed by atoms with Crippen LogP contribution in [0.25, 0.3) is 0 Å². The molecule has 0 saturated heterocycles. The van der Waals surface area contributed by atoms with E-state index in [2.05, 4.69) is 26.1 Å². The van der Waals surface area contributed by atoms with Crippen LogP contribution in [0.1, 0.15) is 51.6 Å². The van der Waals surface area contributed by atoms with Crippen molar-refractivity contribution in [3.8, 4) is 0 Å². The van der Waals surface area contributed by atoms with Crippen molar-refractivity contribution in [2.45, 2.75) is 46.1 Å². The van der Waals surface area contributed by atoms with Gasteiger partial charge in [0.15, 0.2) is 0 Å². The smallest absolute Gasteiger partial charge is 0.309 e.